The Hall–Kier alpha value is -1.44. The van der Waals surface area contributed by atoms with E-state index in [0.29, 0.717) is 25.7 Å². The molecule has 0 aliphatic carbocycles. The molecule has 0 radical (unpaired) electrons. The van der Waals surface area contributed by atoms with Gasteiger partial charge in [0.15, 0.2) is 0 Å². The van der Waals surface area contributed by atoms with Gasteiger partial charge in [-0.1, -0.05) is 0 Å². The van der Waals surface area contributed by atoms with E-state index in [-0.39, 0.29) is 18.1 Å². The lowest BCUT2D eigenvalue weighted by molar-refractivity contribution is -0.117. The van der Waals surface area contributed by atoms with Crippen molar-refractivity contribution in [3.63, 3.8) is 0 Å². The second-order valence-electron chi connectivity index (χ2n) is 6.11. The van der Waals surface area contributed by atoms with Gasteiger partial charge < -0.3 is 14.7 Å². The lowest BCUT2D eigenvalue weighted by Gasteiger charge is -2.43. The Kier molecular flexibility index (Phi) is 3.20. The van der Waals surface area contributed by atoms with Crippen molar-refractivity contribution in [3.8, 4) is 0 Å². The first-order valence-electron chi connectivity index (χ1n) is 7.57. The predicted octanol–water partition coefficient (Wildman–Crippen LogP) is -0.374. The van der Waals surface area contributed by atoms with Crippen molar-refractivity contribution < 1.29 is 14.6 Å². The van der Waals surface area contributed by atoms with Crippen molar-refractivity contribution in [2.75, 3.05) is 37.7 Å². The summed E-state index contributed by atoms with van der Waals surface area (Å²) in [6.07, 6.45) is 4.94. The molecule has 7 heteroatoms. The molecule has 1 aromatic heterocycles. The highest BCUT2D eigenvalue weighted by atomic mass is 16.5. The van der Waals surface area contributed by atoms with E-state index in [1.54, 1.807) is 6.20 Å². The molecule has 0 aromatic carbocycles. The summed E-state index contributed by atoms with van der Waals surface area (Å²) in [6, 6.07) is 0.445. The van der Waals surface area contributed by atoms with Gasteiger partial charge in [-0.3, -0.25) is 14.4 Å². The number of aliphatic hydroxyl groups is 1. The third kappa shape index (κ3) is 2.25. The maximum absolute atomic E-state index is 11.7. The Morgan fingerprint density at radius 2 is 2.19 bits per heavy atom. The highest BCUT2D eigenvalue weighted by Gasteiger charge is 2.40. The normalized spacial score (nSPS) is 31.1. The third-order valence-electron chi connectivity index (χ3n) is 4.73. The molecule has 3 fully saturated rings. The highest BCUT2D eigenvalue weighted by molar-refractivity contribution is 5.95. The van der Waals surface area contributed by atoms with E-state index in [2.05, 4.69) is 10.00 Å². The van der Waals surface area contributed by atoms with Gasteiger partial charge >= 0.3 is 0 Å². The minimum Gasteiger partial charge on any atom is -0.389 e. The van der Waals surface area contributed by atoms with Crippen LogP contribution >= 0.6 is 0 Å². The molecule has 4 heterocycles. The number of likely N-dealkylation sites (tertiary alicyclic amines) is 1. The zero-order valence-corrected chi connectivity index (χ0v) is 11.9. The Balaban J connectivity index is 1.38. The Bertz CT molecular complexity index is 540. The number of carbonyl (C=O) groups is 1. The summed E-state index contributed by atoms with van der Waals surface area (Å²) >= 11 is 0. The minimum absolute atomic E-state index is 0.122. The molecular formula is C14H20N4O3. The molecule has 1 amide bonds. The average molecular weight is 292 g/mol. The van der Waals surface area contributed by atoms with Gasteiger partial charge in [0.25, 0.3) is 0 Å². The van der Waals surface area contributed by atoms with Crippen molar-refractivity contribution in [3.05, 3.63) is 12.4 Å². The number of anilines is 1. The summed E-state index contributed by atoms with van der Waals surface area (Å²) in [6.45, 7) is 3.60. The first-order valence-corrected chi connectivity index (χ1v) is 7.57. The molecule has 1 aromatic rings. The number of rotatable bonds is 3. The Morgan fingerprint density at radius 1 is 1.33 bits per heavy atom. The fraction of sp³-hybridized carbons (Fsp3) is 0.714. The van der Waals surface area contributed by atoms with Crippen LogP contribution in [-0.4, -0.2) is 70.7 Å². The van der Waals surface area contributed by atoms with Crippen molar-refractivity contribution >= 4 is 11.6 Å². The van der Waals surface area contributed by atoms with Crippen LogP contribution in [-0.2, 0) is 9.53 Å². The maximum Gasteiger partial charge on any atom is 0.227 e. The number of amides is 1. The first-order chi connectivity index (χ1) is 10.2. The lowest BCUT2D eigenvalue weighted by Crippen LogP contribution is -2.56. The van der Waals surface area contributed by atoms with Crippen molar-refractivity contribution in [2.45, 2.75) is 31.0 Å². The topological polar surface area (TPSA) is 70.8 Å². The SMILES string of the molecule is O=C1CCCN1c1cnn(C2CN(C3COCC3O)C2)c1. The molecule has 3 saturated heterocycles. The van der Waals surface area contributed by atoms with Gasteiger partial charge in [-0.2, -0.15) is 5.10 Å². The van der Waals surface area contributed by atoms with E-state index in [1.807, 2.05) is 15.8 Å². The number of ether oxygens (including phenoxy) is 1. The highest BCUT2D eigenvalue weighted by Crippen LogP contribution is 2.28. The van der Waals surface area contributed by atoms with Gasteiger partial charge in [0.1, 0.15) is 0 Å². The smallest absolute Gasteiger partial charge is 0.227 e. The fourth-order valence-corrected chi connectivity index (χ4v) is 3.39. The largest absolute Gasteiger partial charge is 0.389 e. The van der Waals surface area contributed by atoms with E-state index in [1.165, 1.54) is 0 Å². The number of aliphatic hydroxyl groups excluding tert-OH is 1. The van der Waals surface area contributed by atoms with Crippen LogP contribution < -0.4 is 4.90 Å². The molecule has 4 rings (SSSR count). The molecule has 3 aliphatic heterocycles. The molecule has 114 valence electrons. The number of nitrogens with zero attached hydrogens (tertiary/aromatic N) is 4. The van der Waals surface area contributed by atoms with E-state index >= 15 is 0 Å². The van der Waals surface area contributed by atoms with E-state index in [4.69, 9.17) is 4.74 Å². The standard InChI is InChI=1S/C14H20N4O3/c19-13-9-21-8-12(13)16-5-11(6-16)18-7-10(4-15-18)17-3-1-2-14(17)20/h4,7,11-13,19H,1-3,5-6,8-9H2. The summed E-state index contributed by atoms with van der Waals surface area (Å²) in [4.78, 5) is 15.8. The zero-order chi connectivity index (χ0) is 14.4. The molecule has 0 spiro atoms. The van der Waals surface area contributed by atoms with Gasteiger partial charge in [0.05, 0.1) is 43.3 Å². The van der Waals surface area contributed by atoms with Gasteiger partial charge in [0, 0.05) is 32.3 Å². The van der Waals surface area contributed by atoms with E-state index < -0.39 is 0 Å². The molecule has 2 atom stereocenters. The van der Waals surface area contributed by atoms with Crippen molar-refractivity contribution in [2.24, 2.45) is 0 Å². The Labute approximate surface area is 123 Å². The summed E-state index contributed by atoms with van der Waals surface area (Å²) in [5.41, 5.74) is 0.903. The quantitative estimate of drug-likeness (QED) is 0.823. The lowest BCUT2D eigenvalue weighted by atomic mass is 10.0. The number of hydrogen-bond acceptors (Lipinski definition) is 5. The van der Waals surface area contributed by atoms with Crippen molar-refractivity contribution in [1.82, 2.24) is 14.7 Å². The summed E-state index contributed by atoms with van der Waals surface area (Å²) in [7, 11) is 0. The number of aromatic nitrogens is 2. The van der Waals surface area contributed by atoms with Crippen LogP contribution in [0.2, 0.25) is 0 Å². The molecule has 21 heavy (non-hydrogen) atoms. The van der Waals surface area contributed by atoms with Gasteiger partial charge in [-0.05, 0) is 6.42 Å². The number of carbonyl (C=O) groups excluding carboxylic acids is 1. The van der Waals surface area contributed by atoms with Crippen LogP contribution in [0.3, 0.4) is 0 Å². The van der Waals surface area contributed by atoms with Crippen LogP contribution in [0.25, 0.3) is 0 Å². The third-order valence-corrected chi connectivity index (χ3v) is 4.73. The zero-order valence-electron chi connectivity index (χ0n) is 11.9. The van der Waals surface area contributed by atoms with Crippen LogP contribution in [0.5, 0.6) is 0 Å². The molecule has 7 nitrogen and oxygen atoms in total. The average Bonchev–Trinajstić information content (AvgIpc) is 3.10. The second kappa shape index (κ2) is 5.08. The summed E-state index contributed by atoms with van der Waals surface area (Å²) in [5.74, 6) is 0.191. The van der Waals surface area contributed by atoms with Crippen LogP contribution in [0.1, 0.15) is 18.9 Å². The summed E-state index contributed by atoms with van der Waals surface area (Å²) < 4.78 is 7.24. The van der Waals surface area contributed by atoms with Crippen LogP contribution in [0.15, 0.2) is 12.4 Å². The minimum atomic E-state index is -0.374. The molecule has 1 N–H and O–H groups in total. The van der Waals surface area contributed by atoms with Crippen molar-refractivity contribution in [1.29, 1.82) is 0 Å². The predicted molar refractivity (Wildman–Crippen MR) is 75.0 cm³/mol. The molecule has 0 bridgehead atoms. The number of hydrogen-bond donors (Lipinski definition) is 1. The van der Waals surface area contributed by atoms with Crippen LogP contribution in [0, 0.1) is 0 Å². The van der Waals surface area contributed by atoms with Gasteiger partial charge in [-0.25, -0.2) is 0 Å². The fourth-order valence-electron chi connectivity index (χ4n) is 3.39. The monoisotopic (exact) mass is 292 g/mol. The molecule has 3 aliphatic rings. The van der Waals surface area contributed by atoms with E-state index in [9.17, 15) is 9.90 Å². The Morgan fingerprint density at radius 3 is 2.86 bits per heavy atom. The van der Waals surface area contributed by atoms with Gasteiger partial charge in [0.2, 0.25) is 5.91 Å². The second-order valence-corrected chi connectivity index (χ2v) is 6.11. The first kappa shape index (κ1) is 13.2. The van der Waals surface area contributed by atoms with E-state index in [0.717, 1.165) is 31.7 Å². The molecular weight excluding hydrogens is 272 g/mol. The van der Waals surface area contributed by atoms with Gasteiger partial charge in [-0.15, -0.1) is 0 Å². The van der Waals surface area contributed by atoms with Crippen LogP contribution in [0.4, 0.5) is 5.69 Å². The summed E-state index contributed by atoms with van der Waals surface area (Å²) in [5, 5.41) is 14.2. The maximum atomic E-state index is 11.7. The molecule has 0 saturated carbocycles. The molecule has 2 unspecified atom stereocenters.